The first kappa shape index (κ1) is 16.8. The lowest BCUT2D eigenvalue weighted by Gasteiger charge is -2.03. The summed E-state index contributed by atoms with van der Waals surface area (Å²) in [5.41, 5.74) is 2.76. The molecule has 1 heterocycles. The highest BCUT2D eigenvalue weighted by Crippen LogP contribution is 2.22. The third-order valence-corrected chi connectivity index (χ3v) is 4.74. The smallest absolute Gasteiger partial charge is 0.267 e. The molecule has 25 heavy (non-hydrogen) atoms. The van der Waals surface area contributed by atoms with Gasteiger partial charge in [0.25, 0.3) is 5.91 Å². The van der Waals surface area contributed by atoms with Crippen molar-refractivity contribution in [2.75, 3.05) is 5.32 Å². The molecular weight excluding hydrogens is 337 g/mol. The summed E-state index contributed by atoms with van der Waals surface area (Å²) in [6.07, 6.45) is 0.552. The fourth-order valence-electron chi connectivity index (χ4n) is 2.33. The van der Waals surface area contributed by atoms with E-state index in [1.807, 2.05) is 6.07 Å². The van der Waals surface area contributed by atoms with Crippen LogP contribution in [0.3, 0.4) is 0 Å². The molecule has 1 aromatic heterocycles. The minimum Gasteiger partial charge on any atom is -0.321 e. The summed E-state index contributed by atoms with van der Waals surface area (Å²) < 4.78 is 13.0. The second-order valence-electron chi connectivity index (χ2n) is 5.47. The van der Waals surface area contributed by atoms with Crippen LogP contribution < -0.4 is 5.32 Å². The van der Waals surface area contributed by atoms with Crippen molar-refractivity contribution in [3.63, 3.8) is 0 Å². The van der Waals surface area contributed by atoms with Gasteiger partial charge >= 0.3 is 0 Å². The topological polar surface area (TPSA) is 65.8 Å². The van der Waals surface area contributed by atoms with Crippen molar-refractivity contribution in [2.45, 2.75) is 13.3 Å². The van der Waals surface area contributed by atoms with Gasteiger partial charge in [0.05, 0.1) is 22.3 Å². The van der Waals surface area contributed by atoms with Crippen LogP contribution in [-0.4, -0.2) is 10.9 Å². The molecule has 0 aliphatic heterocycles. The first-order chi connectivity index (χ1) is 12.0. The standard InChI is InChI=1S/C19H14FN3OS/c1-12-18(19(24)23-16-8-4-14(11-21)5-9-16)25-17(22-12)10-13-2-6-15(20)7-3-13/h2-9H,10H2,1H3,(H,23,24). The van der Waals surface area contributed by atoms with E-state index in [1.165, 1.54) is 23.5 Å². The number of anilines is 1. The molecule has 4 nitrogen and oxygen atoms in total. The van der Waals surface area contributed by atoms with E-state index in [-0.39, 0.29) is 11.7 Å². The van der Waals surface area contributed by atoms with Gasteiger partial charge in [0, 0.05) is 12.1 Å². The van der Waals surface area contributed by atoms with Crippen LogP contribution in [0.4, 0.5) is 10.1 Å². The Hall–Kier alpha value is -3.04. The van der Waals surface area contributed by atoms with Crippen molar-refractivity contribution in [3.8, 4) is 6.07 Å². The molecule has 2 aromatic carbocycles. The maximum atomic E-state index is 13.0. The molecule has 0 aliphatic carbocycles. The van der Waals surface area contributed by atoms with Gasteiger partial charge in [-0.05, 0) is 48.9 Å². The molecule has 0 radical (unpaired) electrons. The lowest BCUT2D eigenvalue weighted by atomic mass is 10.1. The van der Waals surface area contributed by atoms with E-state index < -0.39 is 0 Å². The lowest BCUT2D eigenvalue weighted by Crippen LogP contribution is -2.11. The van der Waals surface area contributed by atoms with Gasteiger partial charge in [0.15, 0.2) is 0 Å². The number of hydrogen-bond acceptors (Lipinski definition) is 4. The summed E-state index contributed by atoms with van der Waals surface area (Å²) in [4.78, 5) is 17.4. The number of amides is 1. The summed E-state index contributed by atoms with van der Waals surface area (Å²) in [6, 6.07) is 14.9. The number of nitriles is 1. The van der Waals surface area contributed by atoms with Crippen molar-refractivity contribution in [2.24, 2.45) is 0 Å². The molecule has 124 valence electrons. The van der Waals surface area contributed by atoms with Gasteiger partial charge in [-0.2, -0.15) is 5.26 Å². The van der Waals surface area contributed by atoms with Crippen molar-refractivity contribution in [1.29, 1.82) is 5.26 Å². The van der Waals surface area contributed by atoms with Gasteiger partial charge in [-0.3, -0.25) is 4.79 Å². The Bertz CT molecular complexity index is 940. The van der Waals surface area contributed by atoms with Crippen molar-refractivity contribution in [1.82, 2.24) is 4.98 Å². The number of rotatable bonds is 4. The van der Waals surface area contributed by atoms with Crippen LogP contribution in [0.5, 0.6) is 0 Å². The van der Waals surface area contributed by atoms with Crippen LogP contribution in [0.15, 0.2) is 48.5 Å². The Morgan fingerprint density at radius 1 is 1.20 bits per heavy atom. The van der Waals surface area contributed by atoms with Crippen LogP contribution >= 0.6 is 11.3 Å². The van der Waals surface area contributed by atoms with E-state index >= 15 is 0 Å². The third-order valence-electron chi connectivity index (χ3n) is 3.59. The van der Waals surface area contributed by atoms with Crippen LogP contribution in [0.25, 0.3) is 0 Å². The number of aryl methyl sites for hydroxylation is 1. The molecular formula is C19H14FN3OS. The van der Waals surface area contributed by atoms with E-state index in [2.05, 4.69) is 10.3 Å². The highest BCUT2D eigenvalue weighted by molar-refractivity contribution is 7.14. The van der Waals surface area contributed by atoms with Crippen molar-refractivity contribution < 1.29 is 9.18 Å². The number of carbonyl (C=O) groups is 1. The zero-order valence-corrected chi connectivity index (χ0v) is 14.2. The normalized spacial score (nSPS) is 10.3. The number of halogens is 1. The second kappa shape index (κ2) is 7.24. The average molecular weight is 351 g/mol. The van der Waals surface area contributed by atoms with Crippen LogP contribution in [0.1, 0.15) is 31.5 Å². The molecule has 0 bridgehead atoms. The molecule has 1 N–H and O–H groups in total. The average Bonchev–Trinajstić information content (AvgIpc) is 2.98. The molecule has 0 spiro atoms. The number of thiazole rings is 1. The zero-order chi connectivity index (χ0) is 17.8. The number of nitrogens with zero attached hydrogens (tertiary/aromatic N) is 2. The predicted octanol–water partition coefficient (Wildman–Crippen LogP) is 4.31. The number of carbonyl (C=O) groups excluding carboxylic acids is 1. The largest absolute Gasteiger partial charge is 0.321 e. The van der Waals surface area contributed by atoms with Crippen molar-refractivity contribution >= 4 is 22.9 Å². The zero-order valence-electron chi connectivity index (χ0n) is 13.4. The fourth-order valence-corrected chi connectivity index (χ4v) is 3.33. The number of hydrogen-bond donors (Lipinski definition) is 1. The molecule has 6 heteroatoms. The van der Waals surface area contributed by atoms with Gasteiger partial charge in [-0.1, -0.05) is 12.1 Å². The van der Waals surface area contributed by atoms with Crippen LogP contribution in [0, 0.1) is 24.1 Å². The van der Waals surface area contributed by atoms with Crippen LogP contribution in [-0.2, 0) is 6.42 Å². The fraction of sp³-hybridized carbons (Fsp3) is 0.105. The van der Waals surface area contributed by atoms with Gasteiger partial charge in [0.2, 0.25) is 0 Å². The van der Waals surface area contributed by atoms with Gasteiger partial charge < -0.3 is 5.32 Å². The number of aromatic nitrogens is 1. The summed E-state index contributed by atoms with van der Waals surface area (Å²) in [7, 11) is 0. The van der Waals surface area contributed by atoms with E-state index in [1.54, 1.807) is 43.3 Å². The third kappa shape index (κ3) is 4.08. The SMILES string of the molecule is Cc1nc(Cc2ccc(F)cc2)sc1C(=O)Nc1ccc(C#N)cc1. The van der Waals surface area contributed by atoms with Crippen molar-refractivity contribution in [3.05, 3.63) is 81.1 Å². The molecule has 3 rings (SSSR count). The Morgan fingerprint density at radius 3 is 2.52 bits per heavy atom. The quantitative estimate of drug-likeness (QED) is 0.762. The van der Waals surface area contributed by atoms with E-state index in [0.29, 0.717) is 28.2 Å². The van der Waals surface area contributed by atoms with E-state index in [9.17, 15) is 9.18 Å². The summed E-state index contributed by atoms with van der Waals surface area (Å²) in [5, 5.41) is 12.4. The minimum atomic E-state index is -0.276. The highest BCUT2D eigenvalue weighted by atomic mass is 32.1. The maximum Gasteiger partial charge on any atom is 0.267 e. The highest BCUT2D eigenvalue weighted by Gasteiger charge is 2.16. The molecule has 3 aromatic rings. The Morgan fingerprint density at radius 2 is 1.88 bits per heavy atom. The lowest BCUT2D eigenvalue weighted by molar-refractivity contribution is 0.103. The van der Waals surface area contributed by atoms with Gasteiger partial charge in [-0.25, -0.2) is 9.37 Å². The maximum absolute atomic E-state index is 13.0. The molecule has 0 saturated heterocycles. The van der Waals surface area contributed by atoms with E-state index in [4.69, 9.17) is 5.26 Å². The van der Waals surface area contributed by atoms with Gasteiger partial charge in [0.1, 0.15) is 10.7 Å². The van der Waals surface area contributed by atoms with E-state index in [0.717, 1.165) is 10.6 Å². The molecule has 0 atom stereocenters. The first-order valence-corrected chi connectivity index (χ1v) is 8.39. The molecule has 0 fully saturated rings. The Kier molecular flexibility index (Phi) is 4.87. The molecule has 0 aliphatic rings. The molecule has 0 saturated carbocycles. The summed E-state index contributed by atoms with van der Waals surface area (Å²) in [5.74, 6) is -0.508. The second-order valence-corrected chi connectivity index (χ2v) is 6.55. The molecule has 0 unspecified atom stereocenters. The Balaban J connectivity index is 1.73. The summed E-state index contributed by atoms with van der Waals surface area (Å²) in [6.45, 7) is 1.79. The number of benzene rings is 2. The Labute approximate surface area is 148 Å². The van der Waals surface area contributed by atoms with Crippen LogP contribution in [0.2, 0.25) is 0 Å². The van der Waals surface area contributed by atoms with Gasteiger partial charge in [-0.15, -0.1) is 11.3 Å². The minimum absolute atomic E-state index is 0.231. The number of nitrogens with one attached hydrogen (secondary N) is 1. The monoisotopic (exact) mass is 351 g/mol. The first-order valence-electron chi connectivity index (χ1n) is 7.57. The predicted molar refractivity (Wildman–Crippen MR) is 95.2 cm³/mol. The molecule has 1 amide bonds. The summed E-state index contributed by atoms with van der Waals surface area (Å²) >= 11 is 1.32.